The number of rotatable bonds is 1. The highest BCUT2D eigenvalue weighted by Crippen LogP contribution is 2.00. The van der Waals surface area contributed by atoms with E-state index < -0.39 is 22.7 Å². The molecule has 6 nitrogen and oxygen atoms in total. The predicted octanol–water partition coefficient (Wildman–Crippen LogP) is -0.388. The van der Waals surface area contributed by atoms with E-state index in [1.54, 1.807) is 0 Å². The van der Waals surface area contributed by atoms with Gasteiger partial charge >= 0.3 is 5.69 Å². The van der Waals surface area contributed by atoms with Gasteiger partial charge in [0.25, 0.3) is 11.5 Å². The van der Waals surface area contributed by atoms with E-state index in [0.717, 1.165) is 4.57 Å². The Balaban J connectivity index is 3.30. The van der Waals surface area contributed by atoms with Gasteiger partial charge in [-0.1, -0.05) is 0 Å². The molecular formula is C11H17N3O3. The van der Waals surface area contributed by atoms with E-state index in [1.165, 1.54) is 24.9 Å². The maximum absolute atomic E-state index is 11.9. The fraction of sp³-hybridized carbons (Fsp3) is 0.545. The Morgan fingerprint density at radius 3 is 2.24 bits per heavy atom. The smallest absolute Gasteiger partial charge is 0.330 e. The van der Waals surface area contributed by atoms with Gasteiger partial charge in [-0.2, -0.15) is 0 Å². The maximum Gasteiger partial charge on any atom is 0.330 e. The first-order chi connectivity index (χ1) is 7.63. The predicted molar refractivity (Wildman–Crippen MR) is 64.1 cm³/mol. The highest BCUT2D eigenvalue weighted by atomic mass is 16.2. The number of nitrogens with one attached hydrogen (secondary N) is 1. The van der Waals surface area contributed by atoms with Gasteiger partial charge in [-0.25, -0.2) is 4.79 Å². The molecule has 1 rings (SSSR count). The van der Waals surface area contributed by atoms with Crippen molar-refractivity contribution in [2.75, 3.05) is 0 Å². The van der Waals surface area contributed by atoms with Crippen molar-refractivity contribution in [3.8, 4) is 0 Å². The van der Waals surface area contributed by atoms with E-state index in [9.17, 15) is 14.4 Å². The first-order valence-electron chi connectivity index (χ1n) is 5.22. The molecule has 0 fully saturated rings. The summed E-state index contributed by atoms with van der Waals surface area (Å²) in [6.45, 7) is 5.45. The minimum Gasteiger partial charge on any atom is -0.347 e. The van der Waals surface area contributed by atoms with Crippen molar-refractivity contribution < 1.29 is 4.79 Å². The van der Waals surface area contributed by atoms with Gasteiger partial charge in [0.2, 0.25) is 0 Å². The monoisotopic (exact) mass is 239 g/mol. The molecule has 1 aromatic heterocycles. The quantitative estimate of drug-likeness (QED) is 0.725. The highest BCUT2D eigenvalue weighted by Gasteiger charge is 2.19. The van der Waals surface area contributed by atoms with E-state index >= 15 is 0 Å². The number of carbonyl (C=O) groups is 1. The Bertz CT molecular complexity index is 561. The SMILES string of the molecule is Cn1cc(C(=O)NC(C)(C)C)c(=O)n(C)c1=O. The molecule has 17 heavy (non-hydrogen) atoms. The molecule has 0 saturated carbocycles. The number of hydrogen-bond donors (Lipinski definition) is 1. The van der Waals surface area contributed by atoms with Gasteiger partial charge in [-0.15, -0.1) is 0 Å². The Hall–Kier alpha value is -1.85. The van der Waals surface area contributed by atoms with Crippen molar-refractivity contribution in [3.05, 3.63) is 32.6 Å². The summed E-state index contributed by atoms with van der Waals surface area (Å²) in [5.41, 5.74) is -1.52. The van der Waals surface area contributed by atoms with Crippen LogP contribution < -0.4 is 16.6 Å². The first-order valence-corrected chi connectivity index (χ1v) is 5.22. The van der Waals surface area contributed by atoms with Crippen LogP contribution in [0.15, 0.2) is 15.8 Å². The summed E-state index contributed by atoms with van der Waals surface area (Å²) in [5.74, 6) is -0.478. The lowest BCUT2D eigenvalue weighted by atomic mass is 10.1. The molecule has 0 aliphatic heterocycles. The zero-order valence-corrected chi connectivity index (χ0v) is 10.7. The second-order valence-corrected chi connectivity index (χ2v) is 5.00. The largest absolute Gasteiger partial charge is 0.347 e. The molecule has 0 aliphatic rings. The van der Waals surface area contributed by atoms with Gasteiger partial charge < -0.3 is 9.88 Å². The normalized spacial score (nSPS) is 11.4. The summed E-state index contributed by atoms with van der Waals surface area (Å²) in [7, 11) is 2.84. The lowest BCUT2D eigenvalue weighted by Gasteiger charge is -2.20. The molecule has 1 amide bonds. The average molecular weight is 239 g/mol. The fourth-order valence-corrected chi connectivity index (χ4v) is 1.37. The molecule has 1 heterocycles. The maximum atomic E-state index is 11.9. The molecule has 0 bridgehead atoms. The fourth-order valence-electron chi connectivity index (χ4n) is 1.37. The number of aromatic nitrogens is 2. The lowest BCUT2D eigenvalue weighted by Crippen LogP contribution is -2.46. The van der Waals surface area contributed by atoms with Crippen LogP contribution in [0.3, 0.4) is 0 Å². The summed E-state index contributed by atoms with van der Waals surface area (Å²) in [6.07, 6.45) is 1.26. The number of amides is 1. The number of carbonyl (C=O) groups excluding carboxylic acids is 1. The molecule has 1 N–H and O–H groups in total. The highest BCUT2D eigenvalue weighted by molar-refractivity contribution is 5.93. The van der Waals surface area contributed by atoms with Crippen LogP contribution in [-0.4, -0.2) is 20.6 Å². The minimum absolute atomic E-state index is 0.0375. The second-order valence-electron chi connectivity index (χ2n) is 5.00. The molecule has 0 atom stereocenters. The van der Waals surface area contributed by atoms with Crippen molar-refractivity contribution in [3.63, 3.8) is 0 Å². The van der Waals surface area contributed by atoms with Crippen molar-refractivity contribution in [1.82, 2.24) is 14.5 Å². The van der Waals surface area contributed by atoms with Crippen LogP contribution in [0.25, 0.3) is 0 Å². The standard InChI is InChI=1S/C11H17N3O3/c1-11(2,3)12-8(15)7-6-13(4)10(17)14(5)9(7)16/h6H,1-5H3,(H,12,15). The average Bonchev–Trinajstić information content (AvgIpc) is 2.17. The van der Waals surface area contributed by atoms with Gasteiger partial charge in [0.05, 0.1) is 0 Å². The summed E-state index contributed by atoms with van der Waals surface area (Å²) >= 11 is 0. The van der Waals surface area contributed by atoms with Crippen LogP contribution in [0.2, 0.25) is 0 Å². The molecule has 1 aromatic rings. The summed E-state index contributed by atoms with van der Waals surface area (Å²) in [4.78, 5) is 35.1. The van der Waals surface area contributed by atoms with Crippen molar-refractivity contribution in [2.45, 2.75) is 26.3 Å². The Kier molecular flexibility index (Phi) is 3.26. The lowest BCUT2D eigenvalue weighted by molar-refractivity contribution is 0.0916. The molecule has 0 radical (unpaired) electrons. The van der Waals surface area contributed by atoms with Crippen molar-refractivity contribution in [2.24, 2.45) is 14.1 Å². The second kappa shape index (κ2) is 4.20. The van der Waals surface area contributed by atoms with Crippen LogP contribution in [0.4, 0.5) is 0 Å². The Morgan fingerprint density at radius 2 is 1.76 bits per heavy atom. The Labute approximate surface area is 98.9 Å². The van der Waals surface area contributed by atoms with Crippen molar-refractivity contribution >= 4 is 5.91 Å². The molecule has 0 saturated heterocycles. The van der Waals surface area contributed by atoms with Crippen LogP contribution in [0.5, 0.6) is 0 Å². The van der Waals surface area contributed by atoms with Gasteiger partial charge in [0.15, 0.2) is 0 Å². The zero-order valence-electron chi connectivity index (χ0n) is 10.7. The molecule has 0 aliphatic carbocycles. The topological polar surface area (TPSA) is 73.1 Å². The summed E-state index contributed by atoms with van der Waals surface area (Å²) in [5, 5.41) is 2.68. The van der Waals surface area contributed by atoms with Gasteiger partial charge in [0.1, 0.15) is 5.56 Å². The van der Waals surface area contributed by atoms with Gasteiger partial charge in [-0.05, 0) is 20.8 Å². The van der Waals surface area contributed by atoms with E-state index in [4.69, 9.17) is 0 Å². The van der Waals surface area contributed by atoms with Gasteiger partial charge in [0, 0.05) is 25.8 Å². The third kappa shape index (κ3) is 2.83. The summed E-state index contributed by atoms with van der Waals surface area (Å²) < 4.78 is 2.12. The Morgan fingerprint density at radius 1 is 1.24 bits per heavy atom. The van der Waals surface area contributed by atoms with Gasteiger partial charge in [-0.3, -0.25) is 14.2 Å². The third-order valence-electron chi connectivity index (χ3n) is 2.18. The van der Waals surface area contributed by atoms with Crippen LogP contribution in [0.1, 0.15) is 31.1 Å². The summed E-state index contributed by atoms with van der Waals surface area (Å²) in [6, 6.07) is 0. The number of hydrogen-bond acceptors (Lipinski definition) is 3. The molecule has 0 spiro atoms. The first kappa shape index (κ1) is 13.2. The molecule has 0 aromatic carbocycles. The molecule has 6 heteroatoms. The zero-order chi connectivity index (χ0) is 13.4. The van der Waals surface area contributed by atoms with Crippen LogP contribution in [-0.2, 0) is 14.1 Å². The van der Waals surface area contributed by atoms with E-state index in [-0.39, 0.29) is 5.56 Å². The van der Waals surface area contributed by atoms with E-state index in [2.05, 4.69) is 5.32 Å². The number of aryl methyl sites for hydroxylation is 1. The van der Waals surface area contributed by atoms with E-state index in [1.807, 2.05) is 20.8 Å². The molecule has 0 unspecified atom stereocenters. The van der Waals surface area contributed by atoms with E-state index in [0.29, 0.717) is 0 Å². The molecule has 94 valence electrons. The number of nitrogens with zero attached hydrogens (tertiary/aromatic N) is 2. The van der Waals surface area contributed by atoms with Crippen LogP contribution >= 0.6 is 0 Å². The van der Waals surface area contributed by atoms with Crippen LogP contribution in [0, 0.1) is 0 Å². The van der Waals surface area contributed by atoms with Crippen molar-refractivity contribution in [1.29, 1.82) is 0 Å². The minimum atomic E-state index is -0.588. The third-order valence-corrected chi connectivity index (χ3v) is 2.18. The molecular weight excluding hydrogens is 222 g/mol.